The number of benzene rings is 1. The van der Waals surface area contributed by atoms with Crippen LogP contribution in [0.15, 0.2) is 59.8 Å². The van der Waals surface area contributed by atoms with E-state index < -0.39 is 10.0 Å². The highest BCUT2D eigenvalue weighted by Crippen LogP contribution is 2.31. The van der Waals surface area contributed by atoms with Crippen LogP contribution in [0.4, 0.5) is 17.6 Å². The highest BCUT2D eigenvalue weighted by Gasteiger charge is 2.20. The van der Waals surface area contributed by atoms with E-state index in [1.165, 1.54) is 7.05 Å². The first kappa shape index (κ1) is 21.5. The van der Waals surface area contributed by atoms with Gasteiger partial charge in [-0.05, 0) is 49.4 Å². The fourth-order valence-electron chi connectivity index (χ4n) is 3.52. The Morgan fingerprint density at radius 1 is 0.971 bits per heavy atom. The van der Waals surface area contributed by atoms with Crippen LogP contribution in [-0.2, 0) is 10.0 Å². The van der Waals surface area contributed by atoms with Gasteiger partial charge < -0.3 is 11.1 Å². The lowest BCUT2D eigenvalue weighted by atomic mass is 10.1. The molecule has 0 radical (unpaired) electrons. The van der Waals surface area contributed by atoms with E-state index in [1.807, 2.05) is 22.7 Å². The molecule has 5 rings (SSSR count). The molecule has 0 fully saturated rings. The molecule has 0 amide bonds. The van der Waals surface area contributed by atoms with Gasteiger partial charge in [-0.3, -0.25) is 9.50 Å². The summed E-state index contributed by atoms with van der Waals surface area (Å²) in [6.45, 7) is 1.73. The minimum absolute atomic E-state index is 0.0978. The van der Waals surface area contributed by atoms with Gasteiger partial charge in [0, 0.05) is 18.5 Å². The van der Waals surface area contributed by atoms with Crippen molar-refractivity contribution in [2.45, 2.75) is 11.8 Å². The number of rotatable bonds is 6. The molecule has 5 aromatic rings. The summed E-state index contributed by atoms with van der Waals surface area (Å²) in [4.78, 5) is 17.7. The second kappa shape index (κ2) is 8.20. The maximum atomic E-state index is 12.0. The van der Waals surface area contributed by atoms with Crippen molar-refractivity contribution < 1.29 is 8.42 Å². The third-order valence-electron chi connectivity index (χ3n) is 5.11. The Morgan fingerprint density at radius 2 is 1.74 bits per heavy atom. The zero-order valence-electron chi connectivity index (χ0n) is 18.2. The van der Waals surface area contributed by atoms with Crippen molar-refractivity contribution in [2.24, 2.45) is 0 Å². The van der Waals surface area contributed by atoms with Gasteiger partial charge in [-0.2, -0.15) is 15.1 Å². The predicted octanol–water partition coefficient (Wildman–Crippen LogP) is 2.12. The van der Waals surface area contributed by atoms with E-state index in [-0.39, 0.29) is 10.8 Å². The van der Waals surface area contributed by atoms with Crippen LogP contribution in [0.1, 0.15) is 5.82 Å². The van der Waals surface area contributed by atoms with Crippen molar-refractivity contribution >= 4 is 33.3 Å². The number of imidazole rings is 1. The standard InChI is InChI=1S/C21H20N10O2S/c1-12-25-19(29-21(22)26-12)18-20(27-16-9-10-24-30-16)28-17-8-5-14(11-31(17)18)13-3-6-15(7-4-13)34(32,33)23-2/h3-11,23H,1-2H3,(H2,24,27,30)(H2,22,25,26,29). The lowest BCUT2D eigenvalue weighted by molar-refractivity contribution is 0.588. The van der Waals surface area contributed by atoms with Crippen molar-refractivity contribution in [1.82, 2.24) is 39.3 Å². The Bertz CT molecular complexity index is 1570. The van der Waals surface area contributed by atoms with Crippen LogP contribution in [-0.4, -0.2) is 50.0 Å². The molecule has 4 aromatic heterocycles. The average Bonchev–Trinajstić information content (AvgIpc) is 3.45. The molecule has 0 saturated carbocycles. The average molecular weight is 477 g/mol. The molecule has 0 aliphatic rings. The lowest BCUT2D eigenvalue weighted by Crippen LogP contribution is -2.18. The summed E-state index contributed by atoms with van der Waals surface area (Å²) in [6, 6.07) is 12.1. The van der Waals surface area contributed by atoms with Crippen molar-refractivity contribution in [2.75, 3.05) is 18.1 Å². The van der Waals surface area contributed by atoms with E-state index in [2.05, 4.69) is 40.2 Å². The number of hydrogen-bond donors (Lipinski definition) is 4. The minimum Gasteiger partial charge on any atom is -0.368 e. The van der Waals surface area contributed by atoms with E-state index in [0.717, 1.165) is 11.1 Å². The second-order valence-corrected chi connectivity index (χ2v) is 9.22. The molecule has 0 spiro atoms. The number of nitrogens with one attached hydrogen (secondary N) is 3. The first-order valence-electron chi connectivity index (χ1n) is 10.2. The summed E-state index contributed by atoms with van der Waals surface area (Å²) in [6.07, 6.45) is 3.57. The Hall–Kier alpha value is -4.36. The normalized spacial score (nSPS) is 11.7. The van der Waals surface area contributed by atoms with Crippen LogP contribution in [0.5, 0.6) is 0 Å². The number of hydrogen-bond acceptors (Lipinski definition) is 9. The van der Waals surface area contributed by atoms with Crippen LogP contribution < -0.4 is 15.8 Å². The second-order valence-electron chi connectivity index (χ2n) is 7.34. The maximum absolute atomic E-state index is 12.0. The smallest absolute Gasteiger partial charge is 0.240 e. The fraction of sp³-hybridized carbons (Fsp3) is 0.0952. The number of aromatic amines is 1. The van der Waals surface area contributed by atoms with Gasteiger partial charge in [0.15, 0.2) is 17.5 Å². The third-order valence-corrected chi connectivity index (χ3v) is 6.54. The summed E-state index contributed by atoms with van der Waals surface area (Å²) in [7, 11) is -2.14. The van der Waals surface area contributed by atoms with E-state index in [9.17, 15) is 8.42 Å². The molecule has 0 aliphatic carbocycles. The van der Waals surface area contributed by atoms with Crippen LogP contribution in [0, 0.1) is 6.92 Å². The van der Waals surface area contributed by atoms with E-state index >= 15 is 0 Å². The first-order valence-corrected chi connectivity index (χ1v) is 11.6. The first-order chi connectivity index (χ1) is 16.3. The Balaban J connectivity index is 1.66. The quantitative estimate of drug-likeness (QED) is 0.287. The number of H-pyrrole nitrogens is 1. The highest BCUT2D eigenvalue weighted by molar-refractivity contribution is 7.89. The number of anilines is 3. The van der Waals surface area contributed by atoms with Gasteiger partial charge in [0.2, 0.25) is 16.0 Å². The molecular weight excluding hydrogens is 456 g/mol. The summed E-state index contributed by atoms with van der Waals surface area (Å²) in [5, 5.41) is 10.1. The molecule has 0 bridgehead atoms. The van der Waals surface area contributed by atoms with Gasteiger partial charge in [0.1, 0.15) is 17.2 Å². The molecule has 5 N–H and O–H groups in total. The highest BCUT2D eigenvalue weighted by atomic mass is 32.2. The zero-order valence-corrected chi connectivity index (χ0v) is 19.0. The third kappa shape index (κ3) is 3.93. The van der Waals surface area contributed by atoms with E-state index in [1.54, 1.807) is 43.5 Å². The fourth-order valence-corrected chi connectivity index (χ4v) is 4.25. The van der Waals surface area contributed by atoms with Gasteiger partial charge in [0.25, 0.3) is 0 Å². The molecule has 0 aliphatic heterocycles. The molecule has 0 atom stereocenters. The maximum Gasteiger partial charge on any atom is 0.240 e. The summed E-state index contributed by atoms with van der Waals surface area (Å²) in [5.41, 5.74) is 8.77. The number of nitrogens with two attached hydrogens (primary N) is 1. The van der Waals surface area contributed by atoms with Crippen LogP contribution in [0.25, 0.3) is 28.3 Å². The molecular formula is C21H20N10O2S. The van der Waals surface area contributed by atoms with Crippen LogP contribution >= 0.6 is 0 Å². The van der Waals surface area contributed by atoms with E-state index in [4.69, 9.17) is 5.73 Å². The molecule has 13 heteroatoms. The van der Waals surface area contributed by atoms with Gasteiger partial charge in [-0.15, -0.1) is 0 Å². The zero-order chi connectivity index (χ0) is 23.9. The van der Waals surface area contributed by atoms with Crippen LogP contribution in [0.2, 0.25) is 0 Å². The molecule has 1 aromatic carbocycles. The number of nitrogens with zero attached hydrogens (tertiary/aromatic N) is 6. The SMILES string of the molecule is CNS(=O)(=O)c1ccc(-c2ccc3nc(Nc4cc[nH]n4)c(-c4nc(C)nc(N)n4)n3c2)cc1. The molecule has 34 heavy (non-hydrogen) atoms. The van der Waals surface area contributed by atoms with Gasteiger partial charge >= 0.3 is 0 Å². The predicted molar refractivity (Wildman–Crippen MR) is 127 cm³/mol. The number of nitrogen functional groups attached to an aromatic ring is 1. The molecule has 172 valence electrons. The number of fused-ring (bicyclic) bond motifs is 1. The summed E-state index contributed by atoms with van der Waals surface area (Å²) in [5.74, 6) is 1.99. The van der Waals surface area contributed by atoms with Crippen molar-refractivity contribution in [3.63, 3.8) is 0 Å². The van der Waals surface area contributed by atoms with Crippen molar-refractivity contribution in [3.05, 3.63) is 60.7 Å². The molecule has 4 heterocycles. The van der Waals surface area contributed by atoms with Gasteiger partial charge in [0.05, 0.1) is 4.90 Å². The Labute approximate surface area is 194 Å². The Kier molecular flexibility index (Phi) is 5.18. The topological polar surface area (TPSA) is 169 Å². The number of aromatic nitrogens is 7. The summed E-state index contributed by atoms with van der Waals surface area (Å²) < 4.78 is 28.2. The number of aryl methyl sites for hydroxylation is 1. The molecule has 0 saturated heterocycles. The number of pyridine rings is 1. The van der Waals surface area contributed by atoms with Gasteiger partial charge in [-0.1, -0.05) is 12.1 Å². The van der Waals surface area contributed by atoms with Crippen molar-refractivity contribution in [3.8, 4) is 22.6 Å². The Morgan fingerprint density at radius 3 is 2.41 bits per heavy atom. The largest absolute Gasteiger partial charge is 0.368 e. The minimum atomic E-state index is -3.52. The van der Waals surface area contributed by atoms with Crippen molar-refractivity contribution in [1.29, 1.82) is 0 Å². The van der Waals surface area contributed by atoms with Gasteiger partial charge in [-0.25, -0.2) is 23.1 Å². The molecule has 12 nitrogen and oxygen atoms in total. The molecule has 0 unspecified atom stereocenters. The lowest BCUT2D eigenvalue weighted by Gasteiger charge is -2.08. The number of sulfonamides is 1. The summed E-state index contributed by atoms with van der Waals surface area (Å²) >= 11 is 0. The monoisotopic (exact) mass is 476 g/mol. The van der Waals surface area contributed by atoms with Crippen LogP contribution in [0.3, 0.4) is 0 Å². The van der Waals surface area contributed by atoms with E-state index in [0.29, 0.717) is 34.6 Å².